The number of nitrogens with zero attached hydrogens (tertiary/aromatic N) is 3. The molecule has 0 radical (unpaired) electrons. The van der Waals surface area contributed by atoms with E-state index in [1.165, 1.54) is 16.4 Å². The van der Waals surface area contributed by atoms with E-state index in [1.54, 1.807) is 26.8 Å². The number of ether oxygens (including phenoxy) is 1. The lowest BCUT2D eigenvalue weighted by Gasteiger charge is -2.44. The molecule has 0 amide bonds. The fraction of sp³-hybridized carbons (Fsp3) is 0.741. The zero-order chi connectivity index (χ0) is 28.6. The average molecular weight is 578 g/mol. The van der Waals surface area contributed by atoms with Crippen LogP contribution in [0.5, 0.6) is 0 Å². The molecular formula is C27H39F4N3O4S. The maximum Gasteiger partial charge on any atom is 0.389 e. The Balaban J connectivity index is 1.43. The first kappa shape index (κ1) is 30.0. The van der Waals surface area contributed by atoms with E-state index in [0.29, 0.717) is 37.9 Å². The molecule has 0 aromatic heterocycles. The molecule has 0 unspecified atom stereocenters. The number of rotatable bonds is 8. The normalized spacial score (nSPS) is 21.7. The van der Waals surface area contributed by atoms with Gasteiger partial charge in [0.2, 0.25) is 10.0 Å². The molecule has 1 aliphatic carbocycles. The van der Waals surface area contributed by atoms with Gasteiger partial charge in [-0.25, -0.2) is 12.8 Å². The van der Waals surface area contributed by atoms with Crippen LogP contribution in [0.15, 0.2) is 18.2 Å². The van der Waals surface area contributed by atoms with Crippen LogP contribution in [-0.2, 0) is 26.0 Å². The van der Waals surface area contributed by atoms with Crippen LogP contribution < -0.4 is 4.90 Å². The van der Waals surface area contributed by atoms with Gasteiger partial charge in [-0.3, -0.25) is 4.79 Å². The summed E-state index contributed by atoms with van der Waals surface area (Å²) in [5, 5.41) is 0. The summed E-state index contributed by atoms with van der Waals surface area (Å²) in [7, 11) is -4.05. The van der Waals surface area contributed by atoms with E-state index in [0.717, 1.165) is 12.8 Å². The molecule has 39 heavy (non-hydrogen) atoms. The third-order valence-corrected chi connectivity index (χ3v) is 10.4. The first-order chi connectivity index (χ1) is 18.1. The van der Waals surface area contributed by atoms with Crippen LogP contribution in [0.25, 0.3) is 0 Å². The predicted molar refractivity (Wildman–Crippen MR) is 141 cm³/mol. The van der Waals surface area contributed by atoms with E-state index in [1.807, 2.05) is 4.90 Å². The van der Waals surface area contributed by atoms with Crippen LogP contribution in [0.1, 0.15) is 64.9 Å². The lowest BCUT2D eigenvalue weighted by Crippen LogP contribution is -2.62. The zero-order valence-electron chi connectivity index (χ0n) is 22.9. The number of piperidine rings is 1. The third-order valence-electron chi connectivity index (χ3n) is 7.82. The van der Waals surface area contributed by atoms with Gasteiger partial charge in [0.05, 0.1) is 0 Å². The number of benzene rings is 1. The number of aryl methyl sites for hydroxylation is 1. The van der Waals surface area contributed by atoms with Gasteiger partial charge in [-0.15, -0.1) is 0 Å². The SMILES string of the molecule is CC(C)(C)OC(=O)C1(S(=O)(=O)N2CCN(c3ccc(CCCC(F)(F)F)c(F)c3)CC2)CCN(C2CC2)CC1. The number of hydrogen-bond donors (Lipinski definition) is 0. The number of alkyl halides is 3. The molecule has 7 nitrogen and oxygen atoms in total. The molecule has 1 saturated carbocycles. The van der Waals surface area contributed by atoms with Crippen LogP contribution in [0, 0.1) is 5.82 Å². The van der Waals surface area contributed by atoms with Crippen molar-refractivity contribution in [3.8, 4) is 0 Å². The predicted octanol–water partition coefficient (Wildman–Crippen LogP) is 4.50. The highest BCUT2D eigenvalue weighted by Crippen LogP contribution is 2.40. The van der Waals surface area contributed by atoms with E-state index in [9.17, 15) is 30.8 Å². The van der Waals surface area contributed by atoms with Crippen molar-refractivity contribution in [3.63, 3.8) is 0 Å². The topological polar surface area (TPSA) is 70.2 Å². The van der Waals surface area contributed by atoms with Gasteiger partial charge in [-0.1, -0.05) is 6.07 Å². The highest BCUT2D eigenvalue weighted by Gasteiger charge is 2.57. The summed E-state index contributed by atoms with van der Waals surface area (Å²) < 4.78 is 85.3. The molecule has 12 heteroatoms. The molecule has 220 valence electrons. The van der Waals surface area contributed by atoms with Crippen molar-refractivity contribution in [1.82, 2.24) is 9.21 Å². The summed E-state index contributed by atoms with van der Waals surface area (Å²) in [6, 6.07) is 4.92. The van der Waals surface area contributed by atoms with Gasteiger partial charge < -0.3 is 14.5 Å². The lowest BCUT2D eigenvalue weighted by atomic mass is 9.95. The molecular weight excluding hydrogens is 538 g/mol. The molecule has 1 aromatic rings. The molecule has 0 atom stereocenters. The van der Waals surface area contributed by atoms with Gasteiger partial charge in [0.25, 0.3) is 0 Å². The lowest BCUT2D eigenvalue weighted by molar-refractivity contribution is -0.159. The second-order valence-electron chi connectivity index (χ2n) is 11.9. The Morgan fingerprint density at radius 1 is 1.03 bits per heavy atom. The van der Waals surface area contributed by atoms with Crippen molar-refractivity contribution in [1.29, 1.82) is 0 Å². The van der Waals surface area contributed by atoms with Crippen LogP contribution in [0.3, 0.4) is 0 Å². The third kappa shape index (κ3) is 7.05. The number of hydrogen-bond acceptors (Lipinski definition) is 6. The molecule has 0 spiro atoms. The highest BCUT2D eigenvalue weighted by molar-refractivity contribution is 7.91. The van der Waals surface area contributed by atoms with Gasteiger partial charge in [-0.2, -0.15) is 17.5 Å². The van der Waals surface area contributed by atoms with E-state index in [4.69, 9.17) is 4.74 Å². The van der Waals surface area contributed by atoms with Crippen molar-refractivity contribution in [2.75, 3.05) is 44.2 Å². The Bertz CT molecular complexity index is 1130. The number of carbonyl (C=O) groups excluding carboxylic acids is 1. The number of sulfonamides is 1. The second kappa shape index (κ2) is 11.2. The van der Waals surface area contributed by atoms with Gasteiger partial charge in [-0.05, 0) is 77.0 Å². The van der Waals surface area contributed by atoms with Crippen molar-refractivity contribution >= 4 is 21.7 Å². The highest BCUT2D eigenvalue weighted by atomic mass is 32.2. The monoisotopic (exact) mass is 577 g/mol. The largest absolute Gasteiger partial charge is 0.459 e. The zero-order valence-corrected chi connectivity index (χ0v) is 23.7. The van der Waals surface area contributed by atoms with Gasteiger partial charge in [0.15, 0.2) is 4.75 Å². The first-order valence-electron chi connectivity index (χ1n) is 13.7. The van der Waals surface area contributed by atoms with Crippen LogP contribution in [-0.4, -0.2) is 85.4 Å². The Morgan fingerprint density at radius 3 is 2.15 bits per heavy atom. The fourth-order valence-electron chi connectivity index (χ4n) is 5.48. The fourth-order valence-corrected chi connectivity index (χ4v) is 7.57. The second-order valence-corrected chi connectivity index (χ2v) is 14.1. The van der Waals surface area contributed by atoms with E-state index in [2.05, 4.69) is 4.90 Å². The minimum absolute atomic E-state index is 0.0113. The minimum atomic E-state index is -4.27. The Morgan fingerprint density at radius 2 is 1.64 bits per heavy atom. The van der Waals surface area contributed by atoms with Crippen molar-refractivity contribution in [3.05, 3.63) is 29.6 Å². The van der Waals surface area contributed by atoms with Crippen molar-refractivity contribution in [2.45, 2.75) is 88.3 Å². The number of halogens is 4. The molecule has 4 rings (SSSR count). The first-order valence-corrected chi connectivity index (χ1v) is 15.1. The summed E-state index contributed by atoms with van der Waals surface area (Å²) in [5.41, 5.74) is -0.0562. The molecule has 3 fully saturated rings. The number of carbonyl (C=O) groups is 1. The van der Waals surface area contributed by atoms with Crippen LogP contribution in [0.4, 0.5) is 23.2 Å². The Labute approximate surface area is 228 Å². The van der Waals surface area contributed by atoms with E-state index in [-0.39, 0.29) is 44.3 Å². The Kier molecular flexibility index (Phi) is 8.60. The molecule has 2 heterocycles. The van der Waals surface area contributed by atoms with Crippen molar-refractivity contribution < 1.29 is 35.5 Å². The number of likely N-dealkylation sites (tertiary alicyclic amines) is 1. The summed E-state index contributed by atoms with van der Waals surface area (Å²) in [6.45, 7) is 7.09. The van der Waals surface area contributed by atoms with E-state index < -0.39 is 44.8 Å². The maximum absolute atomic E-state index is 14.6. The van der Waals surface area contributed by atoms with Gasteiger partial charge >= 0.3 is 12.1 Å². The van der Waals surface area contributed by atoms with Gasteiger partial charge in [0.1, 0.15) is 11.4 Å². The number of esters is 1. The standard InChI is InChI=1S/C27H39F4N3O4S/c1-25(2,3)38-24(35)26(11-13-32(14-12-26)21-8-9-21)39(36,37)34-17-15-33(16-18-34)22-7-6-20(23(28)19-22)5-4-10-27(29,30)31/h6-7,19,21H,4-5,8-18H2,1-3H3. The molecule has 1 aromatic carbocycles. The summed E-state index contributed by atoms with van der Waals surface area (Å²) in [4.78, 5) is 17.6. The van der Waals surface area contributed by atoms with Gasteiger partial charge in [0, 0.05) is 57.4 Å². The summed E-state index contributed by atoms with van der Waals surface area (Å²) in [6.07, 6.45) is -2.87. The average Bonchev–Trinajstić information content (AvgIpc) is 3.69. The quantitative estimate of drug-likeness (QED) is 0.335. The molecule has 3 aliphatic rings. The molecule has 2 saturated heterocycles. The number of anilines is 1. The van der Waals surface area contributed by atoms with Crippen LogP contribution in [0.2, 0.25) is 0 Å². The smallest absolute Gasteiger partial charge is 0.389 e. The van der Waals surface area contributed by atoms with E-state index >= 15 is 0 Å². The molecule has 2 aliphatic heterocycles. The minimum Gasteiger partial charge on any atom is -0.459 e. The Hall–Kier alpha value is -1.92. The maximum atomic E-state index is 14.6. The van der Waals surface area contributed by atoms with Crippen LogP contribution >= 0.6 is 0 Å². The molecule has 0 N–H and O–H groups in total. The summed E-state index contributed by atoms with van der Waals surface area (Å²) >= 11 is 0. The number of piperazine rings is 1. The summed E-state index contributed by atoms with van der Waals surface area (Å²) in [5.74, 6) is -1.27. The molecule has 0 bridgehead atoms. The van der Waals surface area contributed by atoms with Crippen molar-refractivity contribution in [2.24, 2.45) is 0 Å².